The summed E-state index contributed by atoms with van der Waals surface area (Å²) in [7, 11) is 0. The highest BCUT2D eigenvalue weighted by Gasteiger charge is 2.22. The Hall–Kier alpha value is -2.64. The lowest BCUT2D eigenvalue weighted by molar-refractivity contribution is -0.385. The Morgan fingerprint density at radius 3 is 2.76 bits per heavy atom. The Morgan fingerprint density at radius 1 is 1.52 bits per heavy atom. The topological polar surface area (TPSA) is 122 Å². The largest absolute Gasteiger partial charge is 0.478 e. The molecule has 0 saturated carbocycles. The number of hydrogen-bond acceptors (Lipinski definition) is 5. The van der Waals surface area contributed by atoms with Crippen molar-refractivity contribution in [2.24, 2.45) is 0 Å². The van der Waals surface area contributed by atoms with Crippen LogP contribution in [0.4, 0.5) is 11.4 Å². The second-order valence-electron chi connectivity index (χ2n) is 4.91. The summed E-state index contributed by atoms with van der Waals surface area (Å²) < 4.78 is 0. The van der Waals surface area contributed by atoms with E-state index in [1.807, 2.05) is 0 Å². The number of hydrogen-bond donors (Lipinski definition) is 3. The number of carbonyl (C=O) groups excluding carboxylic acids is 1. The van der Waals surface area contributed by atoms with Crippen LogP contribution in [0.1, 0.15) is 28.8 Å². The fourth-order valence-electron chi connectivity index (χ4n) is 2.24. The number of piperidine rings is 1. The molecule has 0 aliphatic carbocycles. The summed E-state index contributed by atoms with van der Waals surface area (Å²) in [6, 6.07) is 2.34. The summed E-state index contributed by atoms with van der Waals surface area (Å²) in [6.45, 7) is 1.97. The lowest BCUT2D eigenvalue weighted by Gasteiger charge is -2.25. The van der Waals surface area contributed by atoms with Gasteiger partial charge in [0.2, 0.25) is 5.91 Å². The maximum atomic E-state index is 11.1. The van der Waals surface area contributed by atoms with Crippen molar-refractivity contribution in [3.63, 3.8) is 0 Å². The zero-order valence-corrected chi connectivity index (χ0v) is 11.4. The van der Waals surface area contributed by atoms with E-state index in [0.29, 0.717) is 30.6 Å². The highest BCUT2D eigenvalue weighted by atomic mass is 16.6. The average molecular weight is 293 g/mol. The molecule has 1 atom stereocenters. The highest BCUT2D eigenvalue weighted by molar-refractivity contribution is 5.90. The third-order valence-electron chi connectivity index (χ3n) is 3.45. The number of carboxylic acids is 1. The maximum absolute atomic E-state index is 11.1. The van der Waals surface area contributed by atoms with Crippen molar-refractivity contribution < 1.29 is 19.6 Å². The fourth-order valence-corrected chi connectivity index (χ4v) is 2.24. The molecule has 0 aromatic heterocycles. The molecule has 21 heavy (non-hydrogen) atoms. The van der Waals surface area contributed by atoms with Gasteiger partial charge in [-0.25, -0.2) is 4.79 Å². The molecule has 1 aromatic carbocycles. The predicted molar refractivity (Wildman–Crippen MR) is 74.4 cm³/mol. The van der Waals surface area contributed by atoms with Crippen LogP contribution in [0.2, 0.25) is 0 Å². The third kappa shape index (κ3) is 3.28. The van der Waals surface area contributed by atoms with Crippen LogP contribution in [0.15, 0.2) is 12.1 Å². The number of nitro benzene ring substituents is 1. The summed E-state index contributed by atoms with van der Waals surface area (Å²) in [5.74, 6) is -1.26. The summed E-state index contributed by atoms with van der Waals surface area (Å²) in [6.07, 6.45) is 0.966. The van der Waals surface area contributed by atoms with Crippen LogP contribution < -0.4 is 10.6 Å². The lowest BCUT2D eigenvalue weighted by atomic mass is 10.0. The minimum absolute atomic E-state index is 0.0324. The lowest BCUT2D eigenvalue weighted by Crippen LogP contribution is -2.42. The van der Waals surface area contributed by atoms with Crippen LogP contribution in [0.3, 0.4) is 0 Å². The first kappa shape index (κ1) is 14.8. The number of carbonyl (C=O) groups is 2. The molecule has 1 aliphatic rings. The van der Waals surface area contributed by atoms with Crippen LogP contribution in [0, 0.1) is 17.0 Å². The third-order valence-corrected chi connectivity index (χ3v) is 3.45. The van der Waals surface area contributed by atoms with E-state index in [4.69, 9.17) is 5.11 Å². The summed E-state index contributed by atoms with van der Waals surface area (Å²) >= 11 is 0. The number of benzene rings is 1. The Labute approximate surface area is 120 Å². The van der Waals surface area contributed by atoms with Crippen LogP contribution >= 0.6 is 0 Å². The molecule has 0 radical (unpaired) electrons. The van der Waals surface area contributed by atoms with E-state index in [0.717, 1.165) is 6.07 Å². The Kier molecular flexibility index (Phi) is 4.06. The summed E-state index contributed by atoms with van der Waals surface area (Å²) in [5, 5.41) is 25.8. The monoisotopic (exact) mass is 293 g/mol. The van der Waals surface area contributed by atoms with Gasteiger partial charge in [-0.15, -0.1) is 0 Å². The van der Waals surface area contributed by atoms with Gasteiger partial charge in [-0.3, -0.25) is 14.9 Å². The molecule has 1 saturated heterocycles. The van der Waals surface area contributed by atoms with Gasteiger partial charge in [0, 0.05) is 36.3 Å². The first-order chi connectivity index (χ1) is 9.88. The number of nitrogens with zero attached hydrogens (tertiary/aromatic N) is 1. The van der Waals surface area contributed by atoms with Crippen molar-refractivity contribution in [1.29, 1.82) is 0 Å². The molecule has 1 heterocycles. The number of nitrogens with one attached hydrogen (secondary N) is 2. The summed E-state index contributed by atoms with van der Waals surface area (Å²) in [4.78, 5) is 32.6. The molecule has 8 heteroatoms. The van der Waals surface area contributed by atoms with Gasteiger partial charge in [-0.05, 0) is 19.4 Å². The SMILES string of the molecule is Cc1c(NC2CCC(=O)NC2)cc(C(=O)O)cc1[N+](=O)[O-]. The van der Waals surface area contributed by atoms with E-state index in [1.54, 1.807) is 6.92 Å². The second kappa shape index (κ2) is 5.78. The number of amides is 1. The van der Waals surface area contributed by atoms with Gasteiger partial charge in [0.05, 0.1) is 10.5 Å². The van der Waals surface area contributed by atoms with Gasteiger partial charge in [-0.1, -0.05) is 0 Å². The first-order valence-electron chi connectivity index (χ1n) is 6.44. The summed E-state index contributed by atoms with van der Waals surface area (Å²) in [5.41, 5.74) is 0.400. The number of rotatable bonds is 4. The van der Waals surface area contributed by atoms with Gasteiger partial charge >= 0.3 is 5.97 Å². The number of aromatic carboxylic acids is 1. The smallest absolute Gasteiger partial charge is 0.336 e. The van der Waals surface area contributed by atoms with E-state index in [9.17, 15) is 19.7 Å². The van der Waals surface area contributed by atoms with Crippen LogP contribution in [0.25, 0.3) is 0 Å². The van der Waals surface area contributed by atoms with Crippen molar-refractivity contribution in [2.75, 3.05) is 11.9 Å². The van der Waals surface area contributed by atoms with Gasteiger partial charge in [0.1, 0.15) is 0 Å². The van der Waals surface area contributed by atoms with E-state index in [2.05, 4.69) is 10.6 Å². The zero-order valence-electron chi connectivity index (χ0n) is 11.4. The van der Waals surface area contributed by atoms with Crippen LogP contribution in [0.5, 0.6) is 0 Å². The minimum atomic E-state index is -1.22. The van der Waals surface area contributed by atoms with Crippen LogP contribution in [-0.2, 0) is 4.79 Å². The molecule has 8 nitrogen and oxygen atoms in total. The molecule has 1 aliphatic heterocycles. The molecule has 2 rings (SSSR count). The number of carboxylic acid groups (broad SMARTS) is 1. The Morgan fingerprint density at radius 2 is 2.24 bits per heavy atom. The molecular weight excluding hydrogens is 278 g/mol. The van der Waals surface area contributed by atoms with Gasteiger partial charge in [0.15, 0.2) is 0 Å². The van der Waals surface area contributed by atoms with Crippen molar-refractivity contribution in [3.8, 4) is 0 Å². The second-order valence-corrected chi connectivity index (χ2v) is 4.91. The molecule has 0 bridgehead atoms. The molecule has 1 fully saturated rings. The average Bonchev–Trinajstić information content (AvgIpc) is 2.42. The number of anilines is 1. The van der Waals surface area contributed by atoms with Crippen molar-refractivity contribution in [3.05, 3.63) is 33.4 Å². The molecular formula is C13H15N3O5. The first-order valence-corrected chi connectivity index (χ1v) is 6.44. The zero-order chi connectivity index (χ0) is 15.6. The molecule has 1 aromatic rings. The normalized spacial score (nSPS) is 18.0. The molecule has 0 spiro atoms. The van der Waals surface area contributed by atoms with Gasteiger partial charge in [-0.2, -0.15) is 0 Å². The predicted octanol–water partition coefficient (Wildman–Crippen LogP) is 1.29. The molecule has 3 N–H and O–H groups in total. The van der Waals surface area contributed by atoms with E-state index in [-0.39, 0.29) is 23.2 Å². The maximum Gasteiger partial charge on any atom is 0.336 e. The highest BCUT2D eigenvalue weighted by Crippen LogP contribution is 2.29. The standard InChI is InChI=1S/C13H15N3O5/c1-7-10(15-9-2-3-12(17)14-6-9)4-8(13(18)19)5-11(7)16(20)21/h4-5,9,15H,2-3,6H2,1H3,(H,14,17)(H,18,19). The van der Waals surface area contributed by atoms with Crippen molar-refractivity contribution in [1.82, 2.24) is 5.32 Å². The van der Waals surface area contributed by atoms with E-state index < -0.39 is 10.9 Å². The molecule has 1 amide bonds. The molecule has 112 valence electrons. The quantitative estimate of drug-likeness (QED) is 0.568. The number of nitro groups is 1. The minimum Gasteiger partial charge on any atom is -0.478 e. The molecule has 1 unspecified atom stereocenters. The Bertz CT molecular complexity index is 604. The van der Waals surface area contributed by atoms with Crippen molar-refractivity contribution >= 4 is 23.3 Å². The van der Waals surface area contributed by atoms with Gasteiger partial charge < -0.3 is 15.7 Å². The Balaban J connectivity index is 2.31. The van der Waals surface area contributed by atoms with Crippen LogP contribution in [-0.4, -0.2) is 34.5 Å². The fraction of sp³-hybridized carbons (Fsp3) is 0.385. The van der Waals surface area contributed by atoms with Gasteiger partial charge in [0.25, 0.3) is 5.69 Å². The van der Waals surface area contributed by atoms with Crippen molar-refractivity contribution in [2.45, 2.75) is 25.8 Å². The van der Waals surface area contributed by atoms with E-state index >= 15 is 0 Å². The van der Waals surface area contributed by atoms with E-state index in [1.165, 1.54) is 6.07 Å².